The molecule has 0 aliphatic rings. The van der Waals surface area contributed by atoms with Crippen LogP contribution in [0.2, 0.25) is 0 Å². The van der Waals surface area contributed by atoms with Gasteiger partial charge in [0.15, 0.2) is 0 Å². The zero-order valence-electron chi connectivity index (χ0n) is 7.85. The van der Waals surface area contributed by atoms with Gasteiger partial charge in [0.25, 0.3) is 0 Å². The van der Waals surface area contributed by atoms with Crippen LogP contribution >= 0.6 is 0 Å². The van der Waals surface area contributed by atoms with Crippen LogP contribution in [0.4, 0.5) is 0 Å². The molecule has 13 heavy (non-hydrogen) atoms. The van der Waals surface area contributed by atoms with E-state index in [2.05, 4.69) is 0 Å². The van der Waals surface area contributed by atoms with Gasteiger partial charge in [-0.25, -0.2) is 0 Å². The third-order valence-electron chi connectivity index (χ3n) is 2.15. The van der Waals surface area contributed by atoms with Crippen LogP contribution in [0, 0.1) is 0 Å². The summed E-state index contributed by atoms with van der Waals surface area (Å²) in [5, 5.41) is 19.0. The first-order valence-corrected chi connectivity index (χ1v) is 4.65. The summed E-state index contributed by atoms with van der Waals surface area (Å²) >= 11 is 0. The maximum atomic E-state index is 9.66. The lowest BCUT2D eigenvalue weighted by Crippen LogP contribution is -2.10. The third-order valence-corrected chi connectivity index (χ3v) is 2.15. The normalized spacial score (nSPS) is 15.3. The van der Waals surface area contributed by atoms with Crippen molar-refractivity contribution in [3.63, 3.8) is 0 Å². The lowest BCUT2D eigenvalue weighted by molar-refractivity contribution is 0.0784. The Morgan fingerprint density at radius 2 is 1.77 bits per heavy atom. The molecule has 2 heteroatoms. The fourth-order valence-electron chi connectivity index (χ4n) is 1.24. The minimum absolute atomic E-state index is 0.407. The van der Waals surface area contributed by atoms with E-state index in [1.807, 2.05) is 37.3 Å². The lowest BCUT2D eigenvalue weighted by Gasteiger charge is -2.14. The maximum Gasteiger partial charge on any atom is 0.0814 e. The molecular formula is C11H16O2. The Bertz CT molecular complexity index is 233. The van der Waals surface area contributed by atoms with Crippen LogP contribution in [0.5, 0.6) is 0 Å². The first-order valence-electron chi connectivity index (χ1n) is 4.65. The fourth-order valence-corrected chi connectivity index (χ4v) is 1.24. The highest BCUT2D eigenvalue weighted by Gasteiger charge is 2.11. The molecule has 0 bridgehead atoms. The molecule has 1 aromatic rings. The van der Waals surface area contributed by atoms with Crippen LogP contribution in [0.1, 0.15) is 31.4 Å². The van der Waals surface area contributed by atoms with Gasteiger partial charge in [-0.15, -0.1) is 0 Å². The minimum Gasteiger partial charge on any atom is -0.393 e. The summed E-state index contributed by atoms with van der Waals surface area (Å²) in [7, 11) is 0. The van der Waals surface area contributed by atoms with E-state index in [-0.39, 0.29) is 0 Å². The Balaban J connectivity index is 2.53. The summed E-state index contributed by atoms with van der Waals surface area (Å²) in [6.45, 7) is 1.91. The average Bonchev–Trinajstić information content (AvgIpc) is 2.19. The summed E-state index contributed by atoms with van der Waals surface area (Å²) in [4.78, 5) is 0. The van der Waals surface area contributed by atoms with Gasteiger partial charge in [0.2, 0.25) is 0 Å². The van der Waals surface area contributed by atoms with E-state index in [4.69, 9.17) is 0 Å². The molecule has 0 spiro atoms. The maximum absolute atomic E-state index is 9.66. The van der Waals surface area contributed by atoms with Crippen molar-refractivity contribution in [1.29, 1.82) is 0 Å². The van der Waals surface area contributed by atoms with Crippen LogP contribution in [0.3, 0.4) is 0 Å². The molecule has 0 unspecified atom stereocenters. The van der Waals surface area contributed by atoms with Gasteiger partial charge < -0.3 is 10.2 Å². The molecule has 2 nitrogen and oxygen atoms in total. The molecule has 0 fully saturated rings. The number of aliphatic hydroxyl groups is 2. The van der Waals surface area contributed by atoms with Gasteiger partial charge in [0.05, 0.1) is 12.2 Å². The van der Waals surface area contributed by atoms with Crippen LogP contribution in [-0.4, -0.2) is 16.3 Å². The molecule has 0 saturated heterocycles. The lowest BCUT2D eigenvalue weighted by atomic mass is 10.0. The number of hydrogen-bond acceptors (Lipinski definition) is 2. The van der Waals surface area contributed by atoms with Crippen molar-refractivity contribution in [3.05, 3.63) is 35.9 Å². The molecule has 0 aromatic heterocycles. The Morgan fingerprint density at radius 3 is 2.31 bits per heavy atom. The van der Waals surface area contributed by atoms with Crippen LogP contribution in [0.15, 0.2) is 30.3 Å². The topological polar surface area (TPSA) is 40.5 Å². The number of aliphatic hydroxyl groups excluding tert-OH is 2. The van der Waals surface area contributed by atoms with Gasteiger partial charge in [-0.1, -0.05) is 37.3 Å². The van der Waals surface area contributed by atoms with E-state index >= 15 is 0 Å². The van der Waals surface area contributed by atoms with E-state index in [0.29, 0.717) is 12.8 Å². The molecule has 0 heterocycles. The number of hydrogen-bond donors (Lipinski definition) is 2. The smallest absolute Gasteiger partial charge is 0.0814 e. The van der Waals surface area contributed by atoms with E-state index in [1.54, 1.807) is 0 Å². The first kappa shape index (κ1) is 10.2. The van der Waals surface area contributed by atoms with Crippen LogP contribution < -0.4 is 0 Å². The van der Waals surface area contributed by atoms with E-state index < -0.39 is 12.2 Å². The van der Waals surface area contributed by atoms with Gasteiger partial charge >= 0.3 is 0 Å². The van der Waals surface area contributed by atoms with Crippen molar-refractivity contribution < 1.29 is 10.2 Å². The second-order valence-electron chi connectivity index (χ2n) is 3.22. The zero-order chi connectivity index (χ0) is 9.68. The Labute approximate surface area is 78.8 Å². The Morgan fingerprint density at radius 1 is 1.15 bits per heavy atom. The molecule has 0 aliphatic carbocycles. The molecule has 0 aliphatic heterocycles. The standard InChI is InChI=1S/C11H16O2/c1-2-10(12)8-11(13)9-6-4-3-5-7-9/h3-7,10-13H,2,8H2,1H3/t10-,11-/m1/s1. The van der Waals surface area contributed by atoms with Gasteiger partial charge in [0.1, 0.15) is 0 Å². The highest BCUT2D eigenvalue weighted by atomic mass is 16.3. The van der Waals surface area contributed by atoms with Gasteiger partial charge in [-0.2, -0.15) is 0 Å². The summed E-state index contributed by atoms with van der Waals surface area (Å²) < 4.78 is 0. The van der Waals surface area contributed by atoms with Gasteiger partial charge in [-0.05, 0) is 12.0 Å². The average molecular weight is 180 g/mol. The van der Waals surface area contributed by atoms with E-state index in [0.717, 1.165) is 5.56 Å². The van der Waals surface area contributed by atoms with Crippen molar-refractivity contribution in [1.82, 2.24) is 0 Å². The second-order valence-corrected chi connectivity index (χ2v) is 3.22. The fraction of sp³-hybridized carbons (Fsp3) is 0.455. The van der Waals surface area contributed by atoms with E-state index in [1.165, 1.54) is 0 Å². The summed E-state index contributed by atoms with van der Waals surface area (Å²) in [6, 6.07) is 9.42. The monoisotopic (exact) mass is 180 g/mol. The van der Waals surface area contributed by atoms with Crippen molar-refractivity contribution in [3.8, 4) is 0 Å². The molecule has 2 N–H and O–H groups in total. The third kappa shape index (κ3) is 3.17. The molecule has 72 valence electrons. The molecule has 0 amide bonds. The van der Waals surface area contributed by atoms with Gasteiger partial charge in [0, 0.05) is 6.42 Å². The summed E-state index contributed by atoms with van der Waals surface area (Å²) in [6.07, 6.45) is 0.149. The predicted octanol–water partition coefficient (Wildman–Crippen LogP) is 1.88. The summed E-state index contributed by atoms with van der Waals surface area (Å²) in [5.41, 5.74) is 0.870. The highest BCUT2D eigenvalue weighted by molar-refractivity contribution is 5.17. The number of benzene rings is 1. The van der Waals surface area contributed by atoms with Crippen LogP contribution in [0.25, 0.3) is 0 Å². The second kappa shape index (κ2) is 5.00. The largest absolute Gasteiger partial charge is 0.393 e. The van der Waals surface area contributed by atoms with Crippen molar-refractivity contribution in [2.75, 3.05) is 0 Å². The molecule has 1 aromatic carbocycles. The predicted molar refractivity (Wildman–Crippen MR) is 52.3 cm³/mol. The van der Waals surface area contributed by atoms with E-state index in [9.17, 15) is 10.2 Å². The molecule has 2 atom stereocenters. The van der Waals surface area contributed by atoms with Crippen molar-refractivity contribution in [2.24, 2.45) is 0 Å². The molecule has 0 radical (unpaired) electrons. The van der Waals surface area contributed by atoms with Crippen molar-refractivity contribution in [2.45, 2.75) is 32.0 Å². The zero-order valence-corrected chi connectivity index (χ0v) is 7.85. The molecule has 1 rings (SSSR count). The molecular weight excluding hydrogens is 164 g/mol. The minimum atomic E-state index is -0.545. The first-order chi connectivity index (χ1) is 6.24. The Hall–Kier alpha value is -0.860. The quantitative estimate of drug-likeness (QED) is 0.742. The molecule has 0 saturated carbocycles. The van der Waals surface area contributed by atoms with Crippen molar-refractivity contribution >= 4 is 0 Å². The highest BCUT2D eigenvalue weighted by Crippen LogP contribution is 2.18. The van der Waals surface area contributed by atoms with Crippen LogP contribution in [-0.2, 0) is 0 Å². The SMILES string of the molecule is CC[C@@H](O)C[C@@H](O)c1ccccc1. The number of rotatable bonds is 4. The van der Waals surface area contributed by atoms with Gasteiger partial charge in [-0.3, -0.25) is 0 Å². The summed E-state index contributed by atoms with van der Waals surface area (Å²) in [5.74, 6) is 0. The Kier molecular flexibility index (Phi) is 3.93.